The van der Waals surface area contributed by atoms with E-state index in [-0.39, 0.29) is 16.4 Å². The maximum absolute atomic E-state index is 13.0. The third-order valence-electron chi connectivity index (χ3n) is 4.94. The smallest absolute Gasteiger partial charge is 0.264 e. The van der Waals surface area contributed by atoms with E-state index < -0.39 is 10.0 Å². The fourth-order valence-electron chi connectivity index (χ4n) is 3.22. The third-order valence-corrected chi connectivity index (χ3v) is 6.96. The van der Waals surface area contributed by atoms with Crippen LogP contribution in [0.25, 0.3) is 5.65 Å². The summed E-state index contributed by atoms with van der Waals surface area (Å²) in [5, 5.41) is 11.4. The van der Waals surface area contributed by atoms with Crippen LogP contribution in [0.4, 0.5) is 5.69 Å². The van der Waals surface area contributed by atoms with E-state index in [4.69, 9.17) is 11.6 Å². The van der Waals surface area contributed by atoms with Gasteiger partial charge in [0.15, 0.2) is 5.65 Å². The first-order valence-electron chi connectivity index (χ1n) is 9.78. The van der Waals surface area contributed by atoms with Crippen molar-refractivity contribution in [2.45, 2.75) is 11.3 Å². The maximum atomic E-state index is 13.0. The Morgan fingerprint density at radius 2 is 1.88 bits per heavy atom. The zero-order valence-electron chi connectivity index (χ0n) is 17.1. The summed E-state index contributed by atoms with van der Waals surface area (Å²) in [6.07, 6.45) is 2.34. The number of benzene rings is 2. The van der Waals surface area contributed by atoms with Crippen molar-refractivity contribution < 1.29 is 13.2 Å². The second-order valence-electron chi connectivity index (χ2n) is 7.03. The lowest BCUT2D eigenvalue weighted by Gasteiger charge is -2.20. The van der Waals surface area contributed by atoms with Gasteiger partial charge >= 0.3 is 0 Å². The first-order chi connectivity index (χ1) is 15.4. The standard InChI is InChI=1S/C22H20ClN5O3S/c1-27(18-8-5-7-17(23)15-18)32(30,31)19-9-4-6-16(14-19)22(29)24-12-11-21-26-25-20-10-2-3-13-28(20)21/h2-10,13-15H,11-12H2,1H3,(H,24,29). The van der Waals surface area contributed by atoms with Crippen LogP contribution in [0, 0.1) is 0 Å². The molecule has 0 fully saturated rings. The van der Waals surface area contributed by atoms with Crippen LogP contribution in [0.15, 0.2) is 77.8 Å². The lowest BCUT2D eigenvalue weighted by molar-refractivity contribution is 0.0953. The van der Waals surface area contributed by atoms with Crippen molar-refractivity contribution in [2.24, 2.45) is 0 Å². The summed E-state index contributed by atoms with van der Waals surface area (Å²) < 4.78 is 29.1. The fourth-order valence-corrected chi connectivity index (χ4v) is 4.64. The number of halogens is 1. The van der Waals surface area contributed by atoms with Crippen molar-refractivity contribution in [3.63, 3.8) is 0 Å². The van der Waals surface area contributed by atoms with E-state index in [9.17, 15) is 13.2 Å². The van der Waals surface area contributed by atoms with E-state index in [1.54, 1.807) is 36.4 Å². The number of hydrogen-bond acceptors (Lipinski definition) is 5. The van der Waals surface area contributed by atoms with Crippen LogP contribution in [-0.2, 0) is 16.4 Å². The fraction of sp³-hybridized carbons (Fsp3) is 0.136. The van der Waals surface area contributed by atoms with Crippen LogP contribution in [0.2, 0.25) is 5.02 Å². The van der Waals surface area contributed by atoms with Crippen molar-refractivity contribution in [2.75, 3.05) is 17.9 Å². The highest BCUT2D eigenvalue weighted by molar-refractivity contribution is 7.92. The Balaban J connectivity index is 1.46. The summed E-state index contributed by atoms with van der Waals surface area (Å²) in [5.74, 6) is 0.349. The van der Waals surface area contributed by atoms with Gasteiger partial charge in [-0.15, -0.1) is 10.2 Å². The quantitative estimate of drug-likeness (QED) is 0.448. The van der Waals surface area contributed by atoms with Crippen LogP contribution < -0.4 is 9.62 Å². The number of nitrogens with one attached hydrogen (secondary N) is 1. The van der Waals surface area contributed by atoms with E-state index in [1.807, 2.05) is 28.8 Å². The van der Waals surface area contributed by atoms with Gasteiger partial charge in [0.05, 0.1) is 10.6 Å². The molecule has 0 saturated heterocycles. The van der Waals surface area contributed by atoms with Crippen molar-refractivity contribution in [1.29, 1.82) is 0 Å². The van der Waals surface area contributed by atoms with Gasteiger partial charge < -0.3 is 5.32 Å². The number of nitrogens with zero attached hydrogens (tertiary/aromatic N) is 4. The Morgan fingerprint density at radius 3 is 2.69 bits per heavy atom. The molecule has 8 nitrogen and oxygen atoms in total. The van der Waals surface area contributed by atoms with E-state index >= 15 is 0 Å². The highest BCUT2D eigenvalue weighted by atomic mass is 35.5. The average molecular weight is 470 g/mol. The topological polar surface area (TPSA) is 96.7 Å². The van der Waals surface area contributed by atoms with Crippen molar-refractivity contribution in [3.8, 4) is 0 Å². The Bertz CT molecular complexity index is 1390. The number of aromatic nitrogens is 3. The molecule has 0 aliphatic rings. The third kappa shape index (κ3) is 4.44. The molecule has 0 atom stereocenters. The predicted octanol–water partition coefficient (Wildman–Crippen LogP) is 3.18. The van der Waals surface area contributed by atoms with Crippen LogP contribution in [0.1, 0.15) is 16.2 Å². The highest BCUT2D eigenvalue weighted by Crippen LogP contribution is 2.25. The first-order valence-corrected chi connectivity index (χ1v) is 11.6. The SMILES string of the molecule is CN(c1cccc(Cl)c1)S(=O)(=O)c1cccc(C(=O)NCCc2nnc3ccccn23)c1. The molecule has 4 aromatic rings. The molecule has 2 heterocycles. The molecule has 0 bridgehead atoms. The zero-order chi connectivity index (χ0) is 22.7. The number of amides is 1. The molecule has 10 heteroatoms. The number of anilines is 1. The normalized spacial score (nSPS) is 11.4. The number of hydrogen-bond donors (Lipinski definition) is 1. The second-order valence-corrected chi connectivity index (χ2v) is 9.44. The van der Waals surface area contributed by atoms with Gasteiger partial charge in [0.2, 0.25) is 0 Å². The number of carbonyl (C=O) groups is 1. The van der Waals surface area contributed by atoms with Crippen LogP contribution in [-0.4, -0.2) is 42.5 Å². The lowest BCUT2D eigenvalue weighted by Crippen LogP contribution is -2.28. The molecule has 0 spiro atoms. The van der Waals surface area contributed by atoms with Gasteiger partial charge in [-0.05, 0) is 48.5 Å². The molecule has 0 unspecified atom stereocenters. The number of fused-ring (bicyclic) bond motifs is 1. The molecule has 164 valence electrons. The van der Waals surface area contributed by atoms with Gasteiger partial charge in [0, 0.05) is 36.8 Å². The molecular formula is C22H20ClN5O3S. The average Bonchev–Trinajstić information content (AvgIpc) is 3.21. The molecule has 1 amide bonds. The highest BCUT2D eigenvalue weighted by Gasteiger charge is 2.22. The minimum atomic E-state index is -3.87. The number of sulfonamides is 1. The van der Waals surface area contributed by atoms with Crippen molar-refractivity contribution >= 4 is 38.9 Å². The summed E-state index contributed by atoms with van der Waals surface area (Å²) >= 11 is 5.99. The molecule has 0 aliphatic heterocycles. The van der Waals surface area contributed by atoms with Gasteiger partial charge in [0.25, 0.3) is 15.9 Å². The van der Waals surface area contributed by atoms with E-state index in [0.717, 1.165) is 15.8 Å². The first kappa shape index (κ1) is 21.8. The molecule has 0 aliphatic carbocycles. The number of carbonyl (C=O) groups excluding carboxylic acids is 1. The second kappa shape index (κ2) is 8.97. The number of rotatable bonds is 7. The van der Waals surface area contributed by atoms with Crippen LogP contribution in [0.3, 0.4) is 0 Å². The van der Waals surface area contributed by atoms with Crippen molar-refractivity contribution in [1.82, 2.24) is 19.9 Å². The van der Waals surface area contributed by atoms with E-state index in [2.05, 4.69) is 15.5 Å². The monoisotopic (exact) mass is 469 g/mol. The summed E-state index contributed by atoms with van der Waals surface area (Å²) in [7, 11) is -2.43. The Morgan fingerprint density at radius 1 is 1.06 bits per heavy atom. The molecule has 1 N–H and O–H groups in total. The number of pyridine rings is 1. The minimum absolute atomic E-state index is 0.0103. The predicted molar refractivity (Wildman–Crippen MR) is 123 cm³/mol. The van der Waals surface area contributed by atoms with Crippen molar-refractivity contribution in [3.05, 3.63) is 89.3 Å². The van der Waals surface area contributed by atoms with Gasteiger partial charge in [-0.2, -0.15) is 0 Å². The van der Waals surface area contributed by atoms with E-state index in [1.165, 1.54) is 19.2 Å². The molecule has 0 saturated carbocycles. The lowest BCUT2D eigenvalue weighted by atomic mass is 10.2. The van der Waals surface area contributed by atoms with Gasteiger partial charge in [-0.3, -0.25) is 13.5 Å². The largest absolute Gasteiger partial charge is 0.352 e. The van der Waals surface area contributed by atoms with Gasteiger partial charge in [-0.1, -0.05) is 29.8 Å². The van der Waals surface area contributed by atoms with Crippen LogP contribution in [0.5, 0.6) is 0 Å². The van der Waals surface area contributed by atoms with E-state index in [0.29, 0.717) is 23.7 Å². The summed E-state index contributed by atoms with van der Waals surface area (Å²) in [6.45, 7) is 0.327. The Hall–Kier alpha value is -3.43. The molecule has 4 rings (SSSR count). The summed E-state index contributed by atoms with van der Waals surface area (Å²) in [5.41, 5.74) is 1.40. The zero-order valence-corrected chi connectivity index (χ0v) is 18.7. The molecule has 2 aromatic heterocycles. The van der Waals surface area contributed by atoms with Gasteiger partial charge in [0.1, 0.15) is 5.82 Å². The minimum Gasteiger partial charge on any atom is -0.352 e. The summed E-state index contributed by atoms with van der Waals surface area (Å²) in [6, 6.07) is 18.1. The molecule has 0 radical (unpaired) electrons. The van der Waals surface area contributed by atoms with Gasteiger partial charge in [-0.25, -0.2) is 8.42 Å². The van der Waals surface area contributed by atoms with Crippen LogP contribution >= 0.6 is 11.6 Å². The Kier molecular flexibility index (Phi) is 6.11. The Labute approximate surface area is 190 Å². The molecular weight excluding hydrogens is 450 g/mol. The molecule has 2 aromatic carbocycles. The summed E-state index contributed by atoms with van der Waals surface area (Å²) in [4.78, 5) is 12.6. The maximum Gasteiger partial charge on any atom is 0.264 e. The molecule has 32 heavy (non-hydrogen) atoms.